The van der Waals surface area contributed by atoms with Crippen LogP contribution in [0.25, 0.3) is 0 Å². The van der Waals surface area contributed by atoms with Crippen LogP contribution in [0.2, 0.25) is 0 Å². The summed E-state index contributed by atoms with van der Waals surface area (Å²) in [7, 11) is 0. The van der Waals surface area contributed by atoms with Gasteiger partial charge in [-0.3, -0.25) is 9.59 Å². The van der Waals surface area contributed by atoms with Crippen molar-refractivity contribution in [2.45, 2.75) is 36.3 Å². The lowest BCUT2D eigenvalue weighted by Crippen LogP contribution is -2.51. The second-order valence-electron chi connectivity index (χ2n) is 6.99. The Labute approximate surface area is 174 Å². The number of aliphatic hydroxyl groups is 1. The van der Waals surface area contributed by atoms with E-state index in [4.69, 9.17) is 9.15 Å². The molecule has 156 valence electrons. The minimum Gasteiger partial charge on any atom is -0.455 e. The van der Waals surface area contributed by atoms with Gasteiger partial charge in [0.2, 0.25) is 0 Å². The quantitative estimate of drug-likeness (QED) is 0.570. The number of rotatable bonds is 8. The zero-order valence-electron chi connectivity index (χ0n) is 16.6. The lowest BCUT2D eigenvalue weighted by atomic mass is 9.99. The van der Waals surface area contributed by atoms with Gasteiger partial charge in [-0.15, -0.1) is 11.8 Å². The molecule has 2 aromatic rings. The van der Waals surface area contributed by atoms with E-state index in [0.29, 0.717) is 18.8 Å². The average molecular weight is 419 g/mol. The van der Waals surface area contributed by atoms with Crippen LogP contribution in [0.5, 0.6) is 0 Å². The van der Waals surface area contributed by atoms with Gasteiger partial charge in [0, 0.05) is 24.1 Å². The van der Waals surface area contributed by atoms with E-state index in [-0.39, 0.29) is 30.7 Å². The highest BCUT2D eigenvalue weighted by Crippen LogP contribution is 2.26. The van der Waals surface area contributed by atoms with E-state index in [2.05, 4.69) is 10.6 Å². The lowest BCUT2D eigenvalue weighted by Gasteiger charge is -2.26. The van der Waals surface area contributed by atoms with Gasteiger partial charge < -0.3 is 24.9 Å². The molecule has 7 nitrogen and oxygen atoms in total. The summed E-state index contributed by atoms with van der Waals surface area (Å²) in [5, 5.41) is 15.4. The number of carbonyl (C=O) groups is 2. The molecule has 1 fully saturated rings. The predicted molar refractivity (Wildman–Crippen MR) is 110 cm³/mol. The van der Waals surface area contributed by atoms with Crippen molar-refractivity contribution in [3.8, 4) is 0 Å². The summed E-state index contributed by atoms with van der Waals surface area (Å²) in [5.41, 5.74) is -0.351. The van der Waals surface area contributed by atoms with Crippen LogP contribution >= 0.6 is 11.8 Å². The van der Waals surface area contributed by atoms with Gasteiger partial charge in [0.25, 0.3) is 11.8 Å². The molecule has 2 heterocycles. The van der Waals surface area contributed by atoms with Crippen molar-refractivity contribution in [2.24, 2.45) is 0 Å². The van der Waals surface area contributed by atoms with E-state index in [1.807, 2.05) is 43.5 Å². The molecule has 1 saturated heterocycles. The Morgan fingerprint density at radius 1 is 1.31 bits per heavy atom. The molecule has 3 N–H and O–H groups in total. The molecule has 3 rings (SSSR count). The zero-order valence-corrected chi connectivity index (χ0v) is 17.4. The molecular weight excluding hydrogens is 392 g/mol. The van der Waals surface area contributed by atoms with E-state index in [9.17, 15) is 14.7 Å². The molecule has 1 aliphatic rings. The fraction of sp³-hybridized carbons (Fsp3) is 0.429. The number of thioether (sulfide) groups is 1. The molecule has 0 spiro atoms. The Morgan fingerprint density at radius 2 is 2.07 bits per heavy atom. The van der Waals surface area contributed by atoms with Crippen LogP contribution in [0.15, 0.2) is 45.7 Å². The highest BCUT2D eigenvalue weighted by atomic mass is 32.2. The number of hydrogen-bond acceptors (Lipinski definition) is 6. The summed E-state index contributed by atoms with van der Waals surface area (Å²) >= 11 is 1.51. The molecule has 1 aromatic carbocycles. The summed E-state index contributed by atoms with van der Waals surface area (Å²) in [6.45, 7) is 2.05. The van der Waals surface area contributed by atoms with E-state index in [1.54, 1.807) is 6.07 Å². The smallest absolute Gasteiger partial charge is 0.287 e. The maximum atomic E-state index is 12.7. The van der Waals surface area contributed by atoms with E-state index in [0.717, 1.165) is 16.9 Å². The minimum absolute atomic E-state index is 0.161. The number of carbonyl (C=O) groups excluding carboxylic acids is 2. The standard InChI is InChI=1S/C21H26N2O5S/c1-14-18(29-2)11-17(28-14)19(25)23-16(15-7-4-3-5-8-15)12-22-20(26)21(13-24)9-6-10-27-21/h3-5,7-8,11,16,24H,6,9-10,12-13H2,1-2H3,(H,22,26)(H,23,25). The number of aliphatic hydroxyl groups excluding tert-OH is 1. The highest BCUT2D eigenvalue weighted by molar-refractivity contribution is 7.98. The van der Waals surface area contributed by atoms with Crippen molar-refractivity contribution < 1.29 is 23.8 Å². The lowest BCUT2D eigenvalue weighted by molar-refractivity contribution is -0.146. The third-order valence-electron chi connectivity index (χ3n) is 5.06. The van der Waals surface area contributed by atoms with Crippen LogP contribution < -0.4 is 10.6 Å². The van der Waals surface area contributed by atoms with Crippen molar-refractivity contribution in [2.75, 3.05) is 26.0 Å². The Balaban J connectivity index is 1.73. The maximum Gasteiger partial charge on any atom is 0.287 e. The molecule has 2 amide bonds. The largest absolute Gasteiger partial charge is 0.455 e. The van der Waals surface area contributed by atoms with Crippen LogP contribution in [0.1, 0.15) is 40.8 Å². The van der Waals surface area contributed by atoms with Crippen molar-refractivity contribution >= 4 is 23.6 Å². The SMILES string of the molecule is CSc1cc(C(=O)NC(CNC(=O)C2(CO)CCCO2)c2ccccc2)oc1C. The first-order chi connectivity index (χ1) is 14.0. The third-order valence-corrected chi connectivity index (χ3v) is 5.91. The second kappa shape index (κ2) is 9.47. The van der Waals surface area contributed by atoms with Crippen LogP contribution in [-0.2, 0) is 9.53 Å². The molecule has 0 saturated carbocycles. The summed E-state index contributed by atoms with van der Waals surface area (Å²) in [5.74, 6) is 0.192. The molecule has 2 atom stereocenters. The Morgan fingerprint density at radius 3 is 2.66 bits per heavy atom. The third kappa shape index (κ3) is 4.83. The molecule has 0 radical (unpaired) electrons. The Bertz CT molecular complexity index is 846. The van der Waals surface area contributed by atoms with Crippen molar-refractivity contribution in [3.63, 3.8) is 0 Å². The number of ether oxygens (including phenoxy) is 1. The van der Waals surface area contributed by atoms with Gasteiger partial charge in [-0.2, -0.15) is 0 Å². The zero-order chi connectivity index (χ0) is 20.9. The average Bonchev–Trinajstić information content (AvgIpc) is 3.38. The number of hydrogen-bond donors (Lipinski definition) is 3. The first kappa shape index (κ1) is 21.4. The monoisotopic (exact) mass is 418 g/mol. The van der Waals surface area contributed by atoms with E-state index in [1.165, 1.54) is 11.8 Å². The minimum atomic E-state index is -1.20. The van der Waals surface area contributed by atoms with Gasteiger partial charge in [-0.25, -0.2) is 0 Å². The van der Waals surface area contributed by atoms with Crippen LogP contribution in [0, 0.1) is 6.92 Å². The highest BCUT2D eigenvalue weighted by Gasteiger charge is 2.42. The van der Waals surface area contributed by atoms with Crippen LogP contribution in [0.4, 0.5) is 0 Å². The van der Waals surface area contributed by atoms with Crippen molar-refractivity contribution in [1.29, 1.82) is 0 Å². The number of furan rings is 1. The van der Waals surface area contributed by atoms with E-state index >= 15 is 0 Å². The molecule has 0 bridgehead atoms. The maximum absolute atomic E-state index is 12.7. The Kier molecular flexibility index (Phi) is 7.00. The van der Waals surface area contributed by atoms with Crippen molar-refractivity contribution in [3.05, 3.63) is 53.5 Å². The van der Waals surface area contributed by atoms with E-state index < -0.39 is 11.6 Å². The molecule has 29 heavy (non-hydrogen) atoms. The molecule has 1 aliphatic heterocycles. The fourth-order valence-corrected chi connectivity index (χ4v) is 3.93. The summed E-state index contributed by atoms with van der Waals surface area (Å²) in [6, 6.07) is 10.6. The molecule has 1 aromatic heterocycles. The van der Waals surface area contributed by atoms with Gasteiger partial charge in [-0.05, 0) is 31.6 Å². The Hall–Kier alpha value is -2.29. The first-order valence-electron chi connectivity index (χ1n) is 9.52. The second-order valence-corrected chi connectivity index (χ2v) is 7.83. The van der Waals surface area contributed by atoms with Gasteiger partial charge >= 0.3 is 0 Å². The van der Waals surface area contributed by atoms with Gasteiger partial charge in [-0.1, -0.05) is 30.3 Å². The topological polar surface area (TPSA) is 101 Å². The number of aryl methyl sites for hydroxylation is 1. The summed E-state index contributed by atoms with van der Waals surface area (Å²) in [4.78, 5) is 26.3. The van der Waals surface area contributed by atoms with Gasteiger partial charge in [0.05, 0.1) is 12.6 Å². The van der Waals surface area contributed by atoms with Crippen LogP contribution in [-0.4, -0.2) is 48.5 Å². The summed E-state index contributed by atoms with van der Waals surface area (Å²) < 4.78 is 11.1. The first-order valence-corrected chi connectivity index (χ1v) is 10.7. The molecule has 2 unspecified atom stereocenters. The summed E-state index contributed by atoms with van der Waals surface area (Å²) in [6.07, 6.45) is 3.12. The number of benzene rings is 1. The van der Waals surface area contributed by atoms with Crippen LogP contribution in [0.3, 0.4) is 0 Å². The molecule has 8 heteroatoms. The predicted octanol–water partition coefficient (Wildman–Crippen LogP) is 2.44. The fourth-order valence-electron chi connectivity index (χ4n) is 3.38. The van der Waals surface area contributed by atoms with Crippen molar-refractivity contribution in [1.82, 2.24) is 10.6 Å². The normalized spacial score (nSPS) is 19.7. The van der Waals surface area contributed by atoms with Gasteiger partial charge in [0.15, 0.2) is 11.4 Å². The molecule has 0 aliphatic carbocycles. The number of nitrogens with one attached hydrogen (secondary N) is 2. The van der Waals surface area contributed by atoms with Gasteiger partial charge in [0.1, 0.15) is 5.76 Å². The number of amides is 2. The molecular formula is C21H26N2O5S.